The molecule has 1 saturated carbocycles. The largest absolute Gasteiger partial charge is 0.165 e. The fourth-order valence-corrected chi connectivity index (χ4v) is 1.50. The third kappa shape index (κ3) is 1.37. The Morgan fingerprint density at radius 2 is 2.57 bits per heavy atom. The van der Waals surface area contributed by atoms with Gasteiger partial charge in [-0.05, 0) is 37.2 Å². The van der Waals surface area contributed by atoms with Crippen molar-refractivity contribution in [2.75, 3.05) is 12.0 Å². The van der Waals surface area contributed by atoms with Gasteiger partial charge in [0, 0.05) is 0 Å². The van der Waals surface area contributed by atoms with Crippen LogP contribution in [0.5, 0.6) is 0 Å². The monoisotopic (exact) mass is 115 g/mol. The first kappa shape index (κ1) is 5.49. The van der Waals surface area contributed by atoms with Crippen molar-refractivity contribution >= 4 is 11.8 Å². The van der Waals surface area contributed by atoms with Crippen molar-refractivity contribution in [2.45, 2.75) is 12.8 Å². The van der Waals surface area contributed by atoms with Crippen molar-refractivity contribution in [3.63, 3.8) is 0 Å². The fraction of sp³-hybridized carbons (Fsp3) is 0.833. The number of rotatable bonds is 2. The van der Waals surface area contributed by atoms with Crippen molar-refractivity contribution in [3.05, 3.63) is 6.42 Å². The van der Waals surface area contributed by atoms with Crippen LogP contribution in [0.1, 0.15) is 12.8 Å². The summed E-state index contributed by atoms with van der Waals surface area (Å²) in [6.45, 7) is 0. The van der Waals surface area contributed by atoms with Crippen LogP contribution in [0, 0.1) is 12.3 Å². The van der Waals surface area contributed by atoms with E-state index in [1.807, 2.05) is 11.8 Å². The van der Waals surface area contributed by atoms with E-state index in [1.54, 1.807) is 0 Å². The highest BCUT2D eigenvalue weighted by Gasteiger charge is 2.15. The van der Waals surface area contributed by atoms with Crippen LogP contribution in [0.2, 0.25) is 0 Å². The minimum Gasteiger partial charge on any atom is -0.165 e. The van der Waals surface area contributed by atoms with Gasteiger partial charge in [0.25, 0.3) is 0 Å². The van der Waals surface area contributed by atoms with Gasteiger partial charge in [-0.25, -0.2) is 0 Å². The minimum atomic E-state index is 0.968. The van der Waals surface area contributed by atoms with Gasteiger partial charge in [0.1, 0.15) is 0 Å². The van der Waals surface area contributed by atoms with E-state index in [2.05, 4.69) is 12.7 Å². The van der Waals surface area contributed by atoms with Crippen molar-refractivity contribution in [1.82, 2.24) is 0 Å². The Hall–Kier alpha value is 0.350. The average Bonchev–Trinajstić information content (AvgIpc) is 1.55. The molecule has 0 saturated heterocycles. The molecule has 0 amide bonds. The molecule has 0 bridgehead atoms. The molecule has 0 aromatic heterocycles. The van der Waals surface area contributed by atoms with Crippen LogP contribution in [0.15, 0.2) is 0 Å². The summed E-state index contributed by atoms with van der Waals surface area (Å²) in [5.74, 6) is 2.31. The maximum absolute atomic E-state index is 2.41. The summed E-state index contributed by atoms with van der Waals surface area (Å²) in [6.07, 6.45) is 7.40. The Morgan fingerprint density at radius 3 is 2.71 bits per heavy atom. The van der Waals surface area contributed by atoms with Crippen molar-refractivity contribution in [3.8, 4) is 0 Å². The van der Waals surface area contributed by atoms with Gasteiger partial charge in [-0.15, -0.1) is 0 Å². The van der Waals surface area contributed by atoms with E-state index >= 15 is 0 Å². The van der Waals surface area contributed by atoms with Gasteiger partial charge in [-0.3, -0.25) is 0 Å². The minimum absolute atomic E-state index is 0.968. The first-order valence-electron chi connectivity index (χ1n) is 2.76. The molecule has 1 rings (SSSR count). The van der Waals surface area contributed by atoms with Crippen LogP contribution >= 0.6 is 11.8 Å². The molecule has 1 aliphatic carbocycles. The Bertz CT molecular complexity index is 48.1. The summed E-state index contributed by atoms with van der Waals surface area (Å²) in [4.78, 5) is 0. The van der Waals surface area contributed by atoms with Gasteiger partial charge in [0.15, 0.2) is 0 Å². The third-order valence-corrected chi connectivity index (χ3v) is 2.18. The normalized spacial score (nSPS) is 21.9. The molecule has 0 heterocycles. The zero-order chi connectivity index (χ0) is 5.11. The van der Waals surface area contributed by atoms with Crippen LogP contribution < -0.4 is 0 Å². The summed E-state index contributed by atoms with van der Waals surface area (Å²) in [6, 6.07) is 0. The lowest BCUT2D eigenvalue weighted by atomic mass is 9.87. The van der Waals surface area contributed by atoms with Gasteiger partial charge < -0.3 is 0 Å². The SMILES string of the molecule is CSCC1[CH]CC1. The number of hydrogen-bond acceptors (Lipinski definition) is 1. The van der Waals surface area contributed by atoms with Gasteiger partial charge in [0.2, 0.25) is 0 Å². The highest BCUT2D eigenvalue weighted by atomic mass is 32.2. The second-order valence-electron chi connectivity index (χ2n) is 2.03. The highest BCUT2D eigenvalue weighted by molar-refractivity contribution is 7.98. The Morgan fingerprint density at radius 1 is 1.86 bits per heavy atom. The van der Waals surface area contributed by atoms with E-state index < -0.39 is 0 Å². The molecule has 0 N–H and O–H groups in total. The second-order valence-corrected chi connectivity index (χ2v) is 2.94. The summed E-state index contributed by atoms with van der Waals surface area (Å²) >= 11 is 1.95. The first-order chi connectivity index (χ1) is 3.43. The summed E-state index contributed by atoms with van der Waals surface area (Å²) in [5, 5.41) is 0. The van der Waals surface area contributed by atoms with Crippen molar-refractivity contribution < 1.29 is 0 Å². The second kappa shape index (κ2) is 2.61. The summed E-state index contributed by atoms with van der Waals surface area (Å²) in [7, 11) is 0. The lowest BCUT2D eigenvalue weighted by Gasteiger charge is -2.23. The molecule has 7 heavy (non-hydrogen) atoms. The lowest BCUT2D eigenvalue weighted by molar-refractivity contribution is 0.480. The molecule has 0 aliphatic heterocycles. The van der Waals surface area contributed by atoms with E-state index in [1.165, 1.54) is 18.6 Å². The van der Waals surface area contributed by atoms with Gasteiger partial charge in [0.05, 0.1) is 0 Å². The first-order valence-corrected chi connectivity index (χ1v) is 4.15. The molecular weight excluding hydrogens is 104 g/mol. The van der Waals surface area contributed by atoms with Crippen LogP contribution in [0.4, 0.5) is 0 Å². The molecule has 1 heteroatoms. The van der Waals surface area contributed by atoms with E-state index in [4.69, 9.17) is 0 Å². The Labute approximate surface area is 49.7 Å². The predicted octanol–water partition coefficient (Wildman–Crippen LogP) is 1.96. The van der Waals surface area contributed by atoms with E-state index in [-0.39, 0.29) is 0 Å². The lowest BCUT2D eigenvalue weighted by Crippen LogP contribution is -2.13. The summed E-state index contributed by atoms with van der Waals surface area (Å²) < 4.78 is 0. The molecule has 41 valence electrons. The molecule has 0 aromatic rings. The summed E-state index contributed by atoms with van der Waals surface area (Å²) in [5.41, 5.74) is 0. The van der Waals surface area contributed by atoms with Gasteiger partial charge >= 0.3 is 0 Å². The van der Waals surface area contributed by atoms with Gasteiger partial charge in [-0.1, -0.05) is 0 Å². The number of thioether (sulfide) groups is 1. The van der Waals surface area contributed by atoms with E-state index in [0.29, 0.717) is 0 Å². The molecule has 1 aliphatic rings. The fourth-order valence-electron chi connectivity index (χ4n) is 0.768. The molecule has 1 radical (unpaired) electrons. The number of hydrogen-bond donors (Lipinski definition) is 0. The molecule has 0 spiro atoms. The quantitative estimate of drug-likeness (QED) is 0.530. The maximum atomic E-state index is 2.41. The zero-order valence-corrected chi connectivity index (χ0v) is 5.50. The molecule has 0 aromatic carbocycles. The van der Waals surface area contributed by atoms with Gasteiger partial charge in [-0.2, -0.15) is 11.8 Å². The van der Waals surface area contributed by atoms with E-state index in [0.717, 1.165) is 5.92 Å². The van der Waals surface area contributed by atoms with Crippen molar-refractivity contribution in [1.29, 1.82) is 0 Å². The smallest absolute Gasteiger partial charge is 0.00392 e. The molecule has 0 nitrogen and oxygen atoms in total. The van der Waals surface area contributed by atoms with Crippen molar-refractivity contribution in [2.24, 2.45) is 5.92 Å². The van der Waals surface area contributed by atoms with Crippen LogP contribution in [-0.2, 0) is 0 Å². The third-order valence-electron chi connectivity index (χ3n) is 1.42. The highest BCUT2D eigenvalue weighted by Crippen LogP contribution is 2.27. The predicted molar refractivity (Wildman–Crippen MR) is 35.4 cm³/mol. The maximum Gasteiger partial charge on any atom is -0.00392 e. The standard InChI is InChI=1S/C6H11S/c1-7-5-6-3-2-4-6/h3,6H,2,4-5H2,1H3. The average molecular weight is 115 g/mol. The molecular formula is C6H11S. The Balaban J connectivity index is 1.93. The van der Waals surface area contributed by atoms with Crippen LogP contribution in [-0.4, -0.2) is 12.0 Å². The molecule has 1 fully saturated rings. The zero-order valence-electron chi connectivity index (χ0n) is 4.68. The van der Waals surface area contributed by atoms with Crippen LogP contribution in [0.25, 0.3) is 0 Å². The van der Waals surface area contributed by atoms with E-state index in [9.17, 15) is 0 Å². The molecule has 1 atom stereocenters. The topological polar surface area (TPSA) is 0 Å². The van der Waals surface area contributed by atoms with Crippen LogP contribution in [0.3, 0.4) is 0 Å². The molecule has 1 unspecified atom stereocenters. The Kier molecular flexibility index (Phi) is 2.04.